The third-order valence-corrected chi connectivity index (χ3v) is 7.45. The van der Waals surface area contributed by atoms with Crippen molar-refractivity contribution in [1.29, 1.82) is 0 Å². The third kappa shape index (κ3) is 5.22. The highest BCUT2D eigenvalue weighted by Crippen LogP contribution is 2.32. The Kier molecular flexibility index (Phi) is 7.99. The number of methoxy groups -OCH3 is 1. The normalized spacial score (nSPS) is 16.9. The van der Waals surface area contributed by atoms with Gasteiger partial charge in [0.1, 0.15) is 29.5 Å². The first-order valence-electron chi connectivity index (χ1n) is 11.5. The molecule has 2 aromatic heterocycles. The predicted molar refractivity (Wildman–Crippen MR) is 143 cm³/mol. The molecule has 3 aromatic rings. The second-order valence-electron chi connectivity index (χ2n) is 8.89. The lowest BCUT2D eigenvalue weighted by molar-refractivity contribution is -0.151. The van der Waals surface area contributed by atoms with Crippen LogP contribution in [-0.4, -0.2) is 75.3 Å². The number of halogens is 2. The highest BCUT2D eigenvalue weighted by molar-refractivity contribution is 7.80. The maximum absolute atomic E-state index is 15.0. The second kappa shape index (κ2) is 11.1. The molecule has 0 radical (unpaired) electrons. The fraction of sp³-hybridized carbons (Fsp3) is 0.333. The summed E-state index contributed by atoms with van der Waals surface area (Å²) in [6, 6.07) is 3.62. The number of aromatic nitrogens is 2. The minimum absolute atomic E-state index is 0.0694. The number of benzene rings is 1. The van der Waals surface area contributed by atoms with Gasteiger partial charge in [0.05, 0.1) is 24.0 Å². The molecule has 4 rings (SSSR count). The number of likely N-dealkylation sites (tertiary alicyclic amines) is 1. The van der Waals surface area contributed by atoms with Crippen LogP contribution in [0.2, 0.25) is 5.02 Å². The van der Waals surface area contributed by atoms with Crippen LogP contribution in [0.5, 0.6) is 0 Å². The summed E-state index contributed by atoms with van der Waals surface area (Å²) in [5.41, 5.74) is 6.17. The standard InChI is InChI=1S/C24H26ClFN6O5S/c1-30(2)22-17(25)10-15(12-29-22)32(38(35)36)19-5-7-31(23(19)33)20(24(34)37-3)9-14-8-13-4-6-28-21(27)16(13)11-18(14)26/h4,6,8,10-12,19-20H,5,7,9H2,1-3H3,(H2,27,28)(H,35,36)/t19-,20+/m0/s1. The van der Waals surface area contributed by atoms with E-state index in [0.717, 1.165) is 4.31 Å². The average molecular weight is 565 g/mol. The molecule has 202 valence electrons. The molecule has 3 N–H and O–H groups in total. The van der Waals surface area contributed by atoms with Crippen LogP contribution in [0, 0.1) is 5.82 Å². The van der Waals surface area contributed by atoms with Crippen molar-refractivity contribution in [2.75, 3.05) is 42.7 Å². The monoisotopic (exact) mass is 564 g/mol. The lowest BCUT2D eigenvalue weighted by Crippen LogP contribution is -2.49. The van der Waals surface area contributed by atoms with Gasteiger partial charge in [-0.3, -0.25) is 13.7 Å². The van der Waals surface area contributed by atoms with Gasteiger partial charge in [-0.25, -0.2) is 23.4 Å². The number of nitrogens with two attached hydrogens (primary N) is 1. The third-order valence-electron chi connectivity index (χ3n) is 6.37. The number of nitrogens with zero attached hydrogens (tertiary/aromatic N) is 5. The van der Waals surface area contributed by atoms with E-state index < -0.39 is 41.0 Å². The Labute approximate surface area is 225 Å². The molecular weight excluding hydrogens is 539 g/mol. The summed E-state index contributed by atoms with van der Waals surface area (Å²) in [6.07, 6.45) is 2.77. The number of ether oxygens (including phenoxy) is 1. The summed E-state index contributed by atoms with van der Waals surface area (Å²) in [4.78, 5) is 37.4. The number of hydrogen-bond acceptors (Lipinski definition) is 8. The Morgan fingerprint density at radius 3 is 2.74 bits per heavy atom. The number of carbonyl (C=O) groups excluding carboxylic acids is 2. The average Bonchev–Trinajstić information content (AvgIpc) is 3.23. The van der Waals surface area contributed by atoms with Crippen molar-refractivity contribution in [2.24, 2.45) is 0 Å². The van der Waals surface area contributed by atoms with Gasteiger partial charge in [0.25, 0.3) is 11.3 Å². The molecule has 1 fully saturated rings. The maximum atomic E-state index is 15.0. The second-order valence-corrected chi connectivity index (χ2v) is 10.2. The van der Waals surface area contributed by atoms with Crippen molar-refractivity contribution in [1.82, 2.24) is 14.9 Å². The SMILES string of the molecule is COC(=O)[C@@H](Cc1cc2ccnc(N)c2cc1F)N1CC[C@H](N(c2cnc(N(C)C)c(Cl)c2)S(=O)O)C1=O. The topological polar surface area (TPSA) is 142 Å². The fourth-order valence-corrected chi connectivity index (χ4v) is 5.57. The maximum Gasteiger partial charge on any atom is 0.328 e. The zero-order valence-corrected chi connectivity index (χ0v) is 22.4. The van der Waals surface area contributed by atoms with Crippen LogP contribution in [0.25, 0.3) is 10.8 Å². The van der Waals surface area contributed by atoms with E-state index in [-0.39, 0.29) is 41.5 Å². The first-order chi connectivity index (χ1) is 18.0. The molecular formula is C24H26ClFN6O5S. The zero-order chi connectivity index (χ0) is 27.7. The van der Waals surface area contributed by atoms with E-state index in [9.17, 15) is 18.4 Å². The van der Waals surface area contributed by atoms with E-state index in [2.05, 4.69) is 9.97 Å². The minimum atomic E-state index is -2.61. The van der Waals surface area contributed by atoms with Gasteiger partial charge in [0.2, 0.25) is 5.91 Å². The molecule has 14 heteroatoms. The van der Waals surface area contributed by atoms with Crippen LogP contribution in [0.1, 0.15) is 12.0 Å². The summed E-state index contributed by atoms with van der Waals surface area (Å²) in [7, 11) is 4.66. The van der Waals surface area contributed by atoms with Crippen molar-refractivity contribution >= 4 is 62.8 Å². The Morgan fingerprint density at radius 1 is 1.37 bits per heavy atom. The van der Waals surface area contributed by atoms with Crippen molar-refractivity contribution in [3.05, 3.63) is 53.1 Å². The smallest absolute Gasteiger partial charge is 0.328 e. The quantitative estimate of drug-likeness (QED) is 0.311. The summed E-state index contributed by atoms with van der Waals surface area (Å²) < 4.78 is 43.4. The molecule has 0 aliphatic carbocycles. The molecule has 1 aliphatic rings. The van der Waals surface area contributed by atoms with Gasteiger partial charge in [-0.05, 0) is 41.6 Å². The van der Waals surface area contributed by atoms with Crippen molar-refractivity contribution < 1.29 is 27.5 Å². The van der Waals surface area contributed by atoms with Crippen molar-refractivity contribution in [3.63, 3.8) is 0 Å². The molecule has 0 saturated carbocycles. The van der Waals surface area contributed by atoms with Gasteiger partial charge in [-0.15, -0.1) is 0 Å². The molecule has 0 bridgehead atoms. The number of hydrogen-bond donors (Lipinski definition) is 2. The highest BCUT2D eigenvalue weighted by atomic mass is 35.5. The fourth-order valence-electron chi connectivity index (χ4n) is 4.55. The van der Waals surface area contributed by atoms with E-state index in [1.165, 1.54) is 36.5 Å². The highest BCUT2D eigenvalue weighted by Gasteiger charge is 2.44. The van der Waals surface area contributed by atoms with E-state index in [1.807, 2.05) is 0 Å². The zero-order valence-electron chi connectivity index (χ0n) is 20.8. The first kappa shape index (κ1) is 27.5. The summed E-state index contributed by atoms with van der Waals surface area (Å²) in [6.45, 7) is 0.0694. The number of pyridine rings is 2. The Balaban J connectivity index is 1.65. The van der Waals surface area contributed by atoms with E-state index >= 15 is 4.39 Å². The molecule has 1 aliphatic heterocycles. The van der Waals surface area contributed by atoms with Crippen molar-refractivity contribution in [3.8, 4) is 0 Å². The number of rotatable bonds is 8. The van der Waals surface area contributed by atoms with Gasteiger partial charge in [0, 0.05) is 38.6 Å². The number of carbonyl (C=O) groups is 2. The van der Waals surface area contributed by atoms with E-state index in [4.69, 9.17) is 22.1 Å². The van der Waals surface area contributed by atoms with Crippen molar-refractivity contribution in [2.45, 2.75) is 24.9 Å². The number of fused-ring (bicyclic) bond motifs is 1. The largest absolute Gasteiger partial charge is 0.467 e. The molecule has 11 nitrogen and oxygen atoms in total. The number of amides is 1. The molecule has 1 amide bonds. The number of esters is 1. The van der Waals surface area contributed by atoms with Crippen LogP contribution in [0.15, 0.2) is 36.7 Å². The number of nitrogen functional groups attached to an aromatic ring is 1. The van der Waals surface area contributed by atoms with Gasteiger partial charge in [-0.2, -0.15) is 0 Å². The molecule has 0 spiro atoms. The summed E-state index contributed by atoms with van der Waals surface area (Å²) >= 11 is 3.69. The molecule has 3 heterocycles. The number of anilines is 3. The molecule has 38 heavy (non-hydrogen) atoms. The van der Waals surface area contributed by atoms with Crippen LogP contribution >= 0.6 is 11.6 Å². The molecule has 1 unspecified atom stereocenters. The lowest BCUT2D eigenvalue weighted by atomic mass is 10.0. The van der Waals surface area contributed by atoms with Gasteiger partial charge in [-0.1, -0.05) is 11.6 Å². The van der Waals surface area contributed by atoms with Gasteiger partial charge < -0.3 is 20.3 Å². The predicted octanol–water partition coefficient (Wildman–Crippen LogP) is 2.40. The van der Waals surface area contributed by atoms with Crippen LogP contribution in [0.3, 0.4) is 0 Å². The van der Waals surface area contributed by atoms with E-state index in [0.29, 0.717) is 16.6 Å². The Morgan fingerprint density at radius 2 is 2.11 bits per heavy atom. The van der Waals surface area contributed by atoms with Crippen LogP contribution in [0.4, 0.5) is 21.7 Å². The lowest BCUT2D eigenvalue weighted by Gasteiger charge is -2.29. The van der Waals surface area contributed by atoms with E-state index in [1.54, 1.807) is 31.1 Å². The van der Waals surface area contributed by atoms with Crippen LogP contribution in [-0.2, 0) is 32.0 Å². The minimum Gasteiger partial charge on any atom is -0.467 e. The molecule has 3 atom stereocenters. The Hall–Kier alpha value is -3.55. The molecule has 1 saturated heterocycles. The van der Waals surface area contributed by atoms with Gasteiger partial charge in [0.15, 0.2) is 0 Å². The van der Waals surface area contributed by atoms with Gasteiger partial charge >= 0.3 is 5.97 Å². The first-order valence-corrected chi connectivity index (χ1v) is 12.9. The summed E-state index contributed by atoms with van der Waals surface area (Å²) in [5, 5.41) is 1.27. The summed E-state index contributed by atoms with van der Waals surface area (Å²) in [5.74, 6) is -1.34. The Bertz CT molecular complexity index is 1430. The van der Waals surface area contributed by atoms with Crippen LogP contribution < -0.4 is 14.9 Å². The molecule has 1 aromatic carbocycles.